The topological polar surface area (TPSA) is 50.7 Å². The lowest BCUT2D eigenvalue weighted by Gasteiger charge is -2.08. The van der Waals surface area contributed by atoms with Crippen LogP contribution in [0.2, 0.25) is 5.02 Å². The third-order valence-corrected chi connectivity index (χ3v) is 3.76. The molecule has 0 aliphatic carbocycles. The summed E-state index contributed by atoms with van der Waals surface area (Å²) >= 11 is 5.95. The minimum atomic E-state index is -4.35. The maximum Gasteiger partial charge on any atom is 0.394 e. The van der Waals surface area contributed by atoms with E-state index in [1.165, 1.54) is 0 Å². The van der Waals surface area contributed by atoms with Gasteiger partial charge in [-0.3, -0.25) is 4.79 Å². The summed E-state index contributed by atoms with van der Waals surface area (Å²) in [5.41, 5.74) is 4.06. The van der Waals surface area contributed by atoms with Gasteiger partial charge in [0.15, 0.2) is 0 Å². The van der Waals surface area contributed by atoms with Crippen LogP contribution in [0.4, 0.5) is 13.2 Å². The molecule has 0 atom stereocenters. The number of hydrogen-bond acceptors (Lipinski definition) is 3. The Morgan fingerprint density at radius 3 is 2.54 bits per heavy atom. The molecule has 26 heavy (non-hydrogen) atoms. The first-order valence-electron chi connectivity index (χ1n) is 7.61. The lowest BCUT2D eigenvalue weighted by Crippen LogP contribution is -2.18. The zero-order chi connectivity index (χ0) is 19.2. The highest BCUT2D eigenvalue weighted by atomic mass is 35.5. The Morgan fingerprint density at radius 1 is 1.23 bits per heavy atom. The van der Waals surface area contributed by atoms with Crippen LogP contribution in [0.3, 0.4) is 0 Å². The number of alkyl halides is 3. The summed E-state index contributed by atoms with van der Waals surface area (Å²) in [7, 11) is 0. The normalized spacial score (nSPS) is 11.6. The second-order valence-electron chi connectivity index (χ2n) is 5.47. The van der Waals surface area contributed by atoms with E-state index in [0.717, 1.165) is 11.1 Å². The van der Waals surface area contributed by atoms with Crippen LogP contribution in [-0.4, -0.2) is 18.3 Å². The predicted octanol–water partition coefficient (Wildman–Crippen LogP) is 4.90. The van der Waals surface area contributed by atoms with E-state index in [9.17, 15) is 18.0 Å². The molecule has 0 radical (unpaired) electrons. The Morgan fingerprint density at radius 2 is 1.92 bits per heavy atom. The molecule has 1 amide bonds. The standard InChI is InChI=1S/C18H16ClF3N2O2/c1-12-10-15(6-7-16(12)19)26-11-13-2-4-14(5-3-13)17(25)24-23-9-8-18(20,21)22/h2-7,9-10H,8,11H2,1H3,(H,24,25)/b23-9+. The van der Waals surface area contributed by atoms with Gasteiger partial charge in [-0.25, -0.2) is 5.43 Å². The van der Waals surface area contributed by atoms with Gasteiger partial charge in [-0.2, -0.15) is 18.3 Å². The van der Waals surface area contributed by atoms with Crippen LogP contribution >= 0.6 is 11.6 Å². The van der Waals surface area contributed by atoms with E-state index in [0.29, 0.717) is 23.6 Å². The second-order valence-corrected chi connectivity index (χ2v) is 5.88. The van der Waals surface area contributed by atoms with Gasteiger partial charge in [-0.15, -0.1) is 0 Å². The van der Waals surface area contributed by atoms with E-state index in [1.807, 2.05) is 18.4 Å². The van der Waals surface area contributed by atoms with Gasteiger partial charge in [-0.1, -0.05) is 23.7 Å². The molecule has 0 spiro atoms. The first-order valence-corrected chi connectivity index (χ1v) is 7.99. The van der Waals surface area contributed by atoms with Gasteiger partial charge in [0.1, 0.15) is 12.4 Å². The zero-order valence-corrected chi connectivity index (χ0v) is 14.6. The van der Waals surface area contributed by atoms with Crippen LogP contribution in [-0.2, 0) is 6.61 Å². The van der Waals surface area contributed by atoms with Gasteiger partial charge in [0.2, 0.25) is 0 Å². The molecule has 1 N–H and O–H groups in total. The number of halogens is 4. The van der Waals surface area contributed by atoms with Gasteiger partial charge in [0, 0.05) is 16.8 Å². The van der Waals surface area contributed by atoms with Crippen molar-refractivity contribution < 1.29 is 22.7 Å². The molecule has 8 heteroatoms. The van der Waals surface area contributed by atoms with E-state index in [4.69, 9.17) is 16.3 Å². The van der Waals surface area contributed by atoms with E-state index in [1.54, 1.807) is 36.4 Å². The summed E-state index contributed by atoms with van der Waals surface area (Å²) in [6.45, 7) is 2.17. The first kappa shape index (κ1) is 19.8. The molecule has 0 saturated carbocycles. The lowest BCUT2D eigenvalue weighted by atomic mass is 10.1. The molecule has 0 heterocycles. The molecular formula is C18H16ClF3N2O2. The number of carbonyl (C=O) groups excluding carboxylic acids is 1. The minimum Gasteiger partial charge on any atom is -0.489 e. The van der Waals surface area contributed by atoms with E-state index >= 15 is 0 Å². The number of aryl methyl sites for hydroxylation is 1. The molecule has 2 rings (SSSR count). The Balaban J connectivity index is 1.87. The Kier molecular flexibility index (Phi) is 6.63. The molecule has 2 aromatic carbocycles. The van der Waals surface area contributed by atoms with Crippen molar-refractivity contribution in [1.82, 2.24) is 5.43 Å². The van der Waals surface area contributed by atoms with Crippen molar-refractivity contribution >= 4 is 23.7 Å². The molecule has 138 valence electrons. The predicted molar refractivity (Wildman–Crippen MR) is 93.6 cm³/mol. The average molecular weight is 385 g/mol. The largest absolute Gasteiger partial charge is 0.489 e. The second kappa shape index (κ2) is 8.71. The summed E-state index contributed by atoms with van der Waals surface area (Å²) in [5, 5.41) is 3.92. The van der Waals surface area contributed by atoms with Crippen molar-refractivity contribution in [2.24, 2.45) is 5.10 Å². The molecule has 4 nitrogen and oxygen atoms in total. The van der Waals surface area contributed by atoms with Crippen molar-refractivity contribution in [2.45, 2.75) is 26.1 Å². The number of nitrogens with zero attached hydrogens (tertiary/aromatic N) is 1. The van der Waals surface area contributed by atoms with Crippen molar-refractivity contribution in [3.05, 3.63) is 64.2 Å². The number of hydrazone groups is 1. The van der Waals surface area contributed by atoms with Crippen molar-refractivity contribution in [3.63, 3.8) is 0 Å². The molecule has 2 aromatic rings. The van der Waals surface area contributed by atoms with E-state index in [-0.39, 0.29) is 5.56 Å². The highest BCUT2D eigenvalue weighted by Crippen LogP contribution is 2.22. The SMILES string of the molecule is Cc1cc(OCc2ccc(C(=O)N/N=C/CC(F)(F)F)cc2)ccc1Cl. The fourth-order valence-electron chi connectivity index (χ4n) is 1.94. The number of rotatable bonds is 6. The lowest BCUT2D eigenvalue weighted by molar-refractivity contribution is -0.120. The van der Waals surface area contributed by atoms with Crippen LogP contribution in [0.25, 0.3) is 0 Å². The summed E-state index contributed by atoms with van der Waals surface area (Å²) in [6.07, 6.45) is -4.94. The molecule has 0 fully saturated rings. The van der Waals surface area contributed by atoms with Gasteiger partial charge in [-0.05, 0) is 48.4 Å². The fourth-order valence-corrected chi connectivity index (χ4v) is 2.06. The molecule has 0 aliphatic heterocycles. The number of carbonyl (C=O) groups is 1. The third kappa shape index (κ3) is 6.40. The van der Waals surface area contributed by atoms with E-state index in [2.05, 4.69) is 5.10 Å². The van der Waals surface area contributed by atoms with Crippen LogP contribution in [0.5, 0.6) is 5.75 Å². The molecule has 0 aliphatic rings. The monoisotopic (exact) mass is 384 g/mol. The first-order chi connectivity index (χ1) is 12.2. The molecule has 0 saturated heterocycles. The van der Waals surface area contributed by atoms with Gasteiger partial charge in [0.25, 0.3) is 5.91 Å². The molecular weight excluding hydrogens is 369 g/mol. The number of hydrogen-bond donors (Lipinski definition) is 1. The van der Waals surface area contributed by atoms with Gasteiger partial charge < -0.3 is 4.74 Å². The number of benzene rings is 2. The van der Waals surface area contributed by atoms with Crippen LogP contribution in [0.15, 0.2) is 47.6 Å². The van der Waals surface area contributed by atoms with Crippen molar-refractivity contribution in [3.8, 4) is 5.75 Å². The number of amides is 1. The molecule has 0 unspecified atom stereocenters. The minimum absolute atomic E-state index is 0.278. The van der Waals surface area contributed by atoms with Gasteiger partial charge >= 0.3 is 6.18 Å². The Hall–Kier alpha value is -2.54. The molecule has 0 bridgehead atoms. The maximum absolute atomic E-state index is 12.0. The summed E-state index contributed by atoms with van der Waals surface area (Å²) in [5.74, 6) is 0.0805. The summed E-state index contributed by atoms with van der Waals surface area (Å²) in [4.78, 5) is 11.8. The Bertz CT molecular complexity index is 790. The molecule has 0 aromatic heterocycles. The zero-order valence-electron chi connectivity index (χ0n) is 13.8. The maximum atomic E-state index is 12.0. The van der Waals surface area contributed by atoms with Gasteiger partial charge in [0.05, 0.1) is 6.42 Å². The highest BCUT2D eigenvalue weighted by Gasteiger charge is 2.25. The van der Waals surface area contributed by atoms with Crippen LogP contribution in [0.1, 0.15) is 27.9 Å². The van der Waals surface area contributed by atoms with Crippen molar-refractivity contribution in [1.29, 1.82) is 0 Å². The quantitative estimate of drug-likeness (QED) is 0.569. The Labute approximate surface area is 153 Å². The third-order valence-electron chi connectivity index (χ3n) is 3.33. The summed E-state index contributed by atoms with van der Waals surface area (Å²) < 4.78 is 41.5. The van der Waals surface area contributed by atoms with Crippen molar-refractivity contribution in [2.75, 3.05) is 0 Å². The number of ether oxygens (including phenoxy) is 1. The smallest absolute Gasteiger partial charge is 0.394 e. The highest BCUT2D eigenvalue weighted by molar-refractivity contribution is 6.31. The van der Waals surface area contributed by atoms with Crippen LogP contribution in [0, 0.1) is 6.92 Å². The number of nitrogens with one attached hydrogen (secondary N) is 1. The summed E-state index contributed by atoms with van der Waals surface area (Å²) in [6, 6.07) is 11.8. The van der Waals surface area contributed by atoms with Crippen LogP contribution < -0.4 is 10.2 Å². The average Bonchev–Trinajstić information content (AvgIpc) is 2.59. The van der Waals surface area contributed by atoms with E-state index < -0.39 is 18.5 Å². The fraction of sp³-hybridized carbons (Fsp3) is 0.222.